The molecule has 0 saturated heterocycles. The molecule has 0 atom stereocenters. The molecule has 1 aromatic carbocycles. The predicted octanol–water partition coefficient (Wildman–Crippen LogP) is 4.76. The Balaban J connectivity index is 2.00. The lowest BCUT2D eigenvalue weighted by Crippen LogP contribution is -2.16. The number of carbonyl (C=O) groups excluding carboxylic acids is 1. The van der Waals surface area contributed by atoms with Gasteiger partial charge in [-0.1, -0.05) is 11.6 Å². The Labute approximate surface area is 142 Å². The molecule has 1 amide bonds. The first-order valence-corrected chi connectivity index (χ1v) is 7.63. The van der Waals surface area contributed by atoms with Crippen molar-refractivity contribution in [3.63, 3.8) is 0 Å². The number of hydrogen-bond donors (Lipinski definition) is 1. The number of rotatable bonds is 4. The monoisotopic (exact) mass is 382 g/mol. The van der Waals surface area contributed by atoms with Gasteiger partial charge in [0.15, 0.2) is 5.82 Å². The molecule has 0 spiro atoms. The number of nitrogens with one attached hydrogen (secondary N) is 1. The third kappa shape index (κ3) is 4.81. The highest BCUT2D eigenvalue weighted by atomic mass is 35.5. The van der Waals surface area contributed by atoms with Crippen LogP contribution in [0.25, 0.3) is 0 Å². The van der Waals surface area contributed by atoms with Crippen molar-refractivity contribution < 1.29 is 26.7 Å². The van der Waals surface area contributed by atoms with Crippen molar-refractivity contribution >= 4 is 35.1 Å². The summed E-state index contributed by atoms with van der Waals surface area (Å²) in [6.45, 7) is 0. The van der Waals surface area contributed by atoms with Crippen LogP contribution in [0.4, 0.5) is 27.8 Å². The number of alkyl halides is 3. The molecule has 10 heteroatoms. The zero-order valence-electron chi connectivity index (χ0n) is 11.6. The fourth-order valence-corrected chi connectivity index (χ4v) is 2.52. The average Bonchev–Trinajstić information content (AvgIpc) is 2.47. The highest BCUT2D eigenvalue weighted by molar-refractivity contribution is 8.00. The molecule has 1 heterocycles. The Morgan fingerprint density at radius 2 is 1.96 bits per heavy atom. The van der Waals surface area contributed by atoms with Crippen LogP contribution in [0.1, 0.15) is 5.56 Å². The Kier molecular flexibility index (Phi) is 5.66. The molecule has 24 heavy (non-hydrogen) atoms. The normalized spacial score (nSPS) is 11.4. The van der Waals surface area contributed by atoms with E-state index in [0.717, 1.165) is 17.8 Å². The molecule has 2 aromatic rings. The van der Waals surface area contributed by atoms with Crippen LogP contribution in [0, 0.1) is 11.6 Å². The maximum Gasteiger partial charge on any atom is 0.417 e. The standard InChI is InChI=1S/C14H8ClF5N2OS/c15-9-3-7(14(18,19)20)5-21-13(9)22-12(23)6-24-11-2-1-8(16)4-10(11)17/h1-5H,6H2,(H,21,22,23). The fourth-order valence-electron chi connectivity index (χ4n) is 1.59. The van der Waals surface area contributed by atoms with Crippen LogP contribution in [0.3, 0.4) is 0 Å². The van der Waals surface area contributed by atoms with E-state index in [2.05, 4.69) is 10.3 Å². The summed E-state index contributed by atoms with van der Waals surface area (Å²) in [5.41, 5.74) is -1.05. The van der Waals surface area contributed by atoms with Crippen LogP contribution in [0.2, 0.25) is 5.02 Å². The lowest BCUT2D eigenvalue weighted by Gasteiger charge is -2.10. The van der Waals surface area contributed by atoms with E-state index in [-0.39, 0.29) is 21.5 Å². The summed E-state index contributed by atoms with van der Waals surface area (Å²) in [4.78, 5) is 15.3. The minimum atomic E-state index is -4.60. The van der Waals surface area contributed by atoms with E-state index in [1.807, 2.05) is 0 Å². The number of anilines is 1. The van der Waals surface area contributed by atoms with Crippen molar-refractivity contribution in [2.24, 2.45) is 0 Å². The van der Waals surface area contributed by atoms with Crippen molar-refractivity contribution in [2.75, 3.05) is 11.1 Å². The van der Waals surface area contributed by atoms with Gasteiger partial charge < -0.3 is 5.32 Å². The van der Waals surface area contributed by atoms with Gasteiger partial charge in [0.05, 0.1) is 16.3 Å². The highest BCUT2D eigenvalue weighted by Crippen LogP contribution is 2.32. The van der Waals surface area contributed by atoms with Crippen molar-refractivity contribution in [2.45, 2.75) is 11.1 Å². The predicted molar refractivity (Wildman–Crippen MR) is 80.0 cm³/mol. The maximum atomic E-state index is 13.4. The highest BCUT2D eigenvalue weighted by Gasteiger charge is 2.31. The van der Waals surface area contributed by atoms with Gasteiger partial charge in [0.25, 0.3) is 0 Å². The van der Waals surface area contributed by atoms with E-state index < -0.39 is 29.3 Å². The maximum absolute atomic E-state index is 13.4. The molecule has 0 radical (unpaired) electrons. The van der Waals surface area contributed by atoms with E-state index >= 15 is 0 Å². The minimum Gasteiger partial charge on any atom is -0.309 e. The number of halogens is 6. The van der Waals surface area contributed by atoms with Crippen LogP contribution >= 0.6 is 23.4 Å². The zero-order chi connectivity index (χ0) is 17.9. The Bertz CT molecular complexity index is 769. The fraction of sp³-hybridized carbons (Fsp3) is 0.143. The summed E-state index contributed by atoms with van der Waals surface area (Å²) in [6, 6.07) is 3.52. The summed E-state index contributed by atoms with van der Waals surface area (Å²) in [5, 5.41) is 1.84. The van der Waals surface area contributed by atoms with Gasteiger partial charge in [-0.3, -0.25) is 4.79 Å². The molecule has 128 valence electrons. The smallest absolute Gasteiger partial charge is 0.309 e. The van der Waals surface area contributed by atoms with Crippen LogP contribution in [0.15, 0.2) is 35.4 Å². The third-order valence-electron chi connectivity index (χ3n) is 2.68. The molecule has 1 aromatic heterocycles. The molecule has 2 rings (SSSR count). The lowest BCUT2D eigenvalue weighted by molar-refractivity contribution is -0.137. The number of nitrogens with zero attached hydrogens (tertiary/aromatic N) is 1. The van der Waals surface area contributed by atoms with Crippen molar-refractivity contribution in [3.05, 3.63) is 52.7 Å². The summed E-state index contributed by atoms with van der Waals surface area (Å²) < 4.78 is 63.6. The van der Waals surface area contributed by atoms with Crippen LogP contribution in [-0.2, 0) is 11.0 Å². The summed E-state index contributed by atoms with van der Waals surface area (Å²) in [6.07, 6.45) is -4.07. The quantitative estimate of drug-likeness (QED) is 0.612. The van der Waals surface area contributed by atoms with E-state index in [9.17, 15) is 26.7 Å². The molecule has 0 fully saturated rings. The molecular weight excluding hydrogens is 375 g/mol. The second-order valence-corrected chi connectivity index (χ2v) is 5.89. The Morgan fingerprint density at radius 1 is 1.25 bits per heavy atom. The Hall–Kier alpha value is -1.87. The molecule has 0 aliphatic rings. The van der Waals surface area contributed by atoms with Crippen LogP contribution < -0.4 is 5.32 Å². The SMILES string of the molecule is O=C(CSc1ccc(F)cc1F)Nc1ncc(C(F)(F)F)cc1Cl. The molecule has 1 N–H and O–H groups in total. The lowest BCUT2D eigenvalue weighted by atomic mass is 10.3. The summed E-state index contributed by atoms with van der Waals surface area (Å²) >= 11 is 6.45. The number of hydrogen-bond acceptors (Lipinski definition) is 3. The van der Waals surface area contributed by atoms with Crippen LogP contribution in [-0.4, -0.2) is 16.6 Å². The minimum absolute atomic E-state index is 0.0537. The van der Waals surface area contributed by atoms with Crippen molar-refractivity contribution in [1.29, 1.82) is 0 Å². The number of pyridine rings is 1. The van der Waals surface area contributed by atoms with Gasteiger partial charge in [-0.05, 0) is 18.2 Å². The van der Waals surface area contributed by atoms with Crippen molar-refractivity contribution in [1.82, 2.24) is 4.98 Å². The number of thioether (sulfide) groups is 1. The van der Waals surface area contributed by atoms with Gasteiger partial charge in [-0.25, -0.2) is 13.8 Å². The molecule has 0 aliphatic heterocycles. The van der Waals surface area contributed by atoms with Gasteiger partial charge in [-0.15, -0.1) is 11.8 Å². The summed E-state index contributed by atoms with van der Waals surface area (Å²) in [5.74, 6) is -2.73. The van der Waals surface area contributed by atoms with Crippen LogP contribution in [0.5, 0.6) is 0 Å². The molecule has 0 bridgehead atoms. The third-order valence-corrected chi connectivity index (χ3v) is 4.02. The van der Waals surface area contributed by atoms with E-state index in [0.29, 0.717) is 18.3 Å². The van der Waals surface area contributed by atoms with Gasteiger partial charge in [0.1, 0.15) is 11.6 Å². The first-order chi connectivity index (χ1) is 11.2. The number of benzene rings is 1. The van der Waals surface area contributed by atoms with E-state index in [1.54, 1.807) is 0 Å². The number of amides is 1. The van der Waals surface area contributed by atoms with Gasteiger partial charge in [0, 0.05) is 17.2 Å². The molecule has 0 saturated carbocycles. The van der Waals surface area contributed by atoms with Gasteiger partial charge in [-0.2, -0.15) is 13.2 Å². The first-order valence-electron chi connectivity index (χ1n) is 6.27. The second kappa shape index (κ2) is 7.35. The van der Waals surface area contributed by atoms with E-state index in [1.165, 1.54) is 6.07 Å². The molecule has 3 nitrogen and oxygen atoms in total. The second-order valence-electron chi connectivity index (χ2n) is 4.46. The first kappa shape index (κ1) is 18.5. The number of carbonyl (C=O) groups is 1. The largest absolute Gasteiger partial charge is 0.417 e. The van der Waals surface area contributed by atoms with Gasteiger partial charge in [0.2, 0.25) is 5.91 Å². The zero-order valence-corrected chi connectivity index (χ0v) is 13.2. The molecular formula is C14H8ClF5N2OS. The Morgan fingerprint density at radius 3 is 2.54 bits per heavy atom. The van der Waals surface area contributed by atoms with Gasteiger partial charge >= 0.3 is 6.18 Å². The summed E-state index contributed by atoms with van der Waals surface area (Å²) in [7, 11) is 0. The van der Waals surface area contributed by atoms with E-state index in [4.69, 9.17) is 11.6 Å². The average molecular weight is 383 g/mol. The molecule has 0 aliphatic carbocycles. The number of aromatic nitrogens is 1. The van der Waals surface area contributed by atoms with Crippen molar-refractivity contribution in [3.8, 4) is 0 Å². The molecule has 0 unspecified atom stereocenters. The topological polar surface area (TPSA) is 42.0 Å².